The van der Waals surface area contributed by atoms with E-state index in [1.807, 2.05) is 60.7 Å². The molecule has 1 amide bonds. The van der Waals surface area contributed by atoms with E-state index in [0.717, 1.165) is 16.5 Å². The predicted octanol–water partition coefficient (Wildman–Crippen LogP) is 4.93. The van der Waals surface area contributed by atoms with Gasteiger partial charge in [0, 0.05) is 5.39 Å². The molecule has 0 saturated carbocycles. The molecule has 28 heavy (non-hydrogen) atoms. The molecule has 4 nitrogen and oxygen atoms in total. The lowest BCUT2D eigenvalue weighted by molar-refractivity contribution is -0.127. The van der Waals surface area contributed by atoms with Crippen LogP contribution >= 0.6 is 0 Å². The van der Waals surface area contributed by atoms with Crippen LogP contribution in [-0.2, 0) is 4.79 Å². The van der Waals surface area contributed by atoms with Crippen molar-refractivity contribution in [3.05, 3.63) is 72.3 Å². The van der Waals surface area contributed by atoms with E-state index < -0.39 is 6.10 Å². The van der Waals surface area contributed by atoms with Crippen LogP contribution in [0.5, 0.6) is 11.5 Å². The first-order chi connectivity index (χ1) is 13.6. The minimum Gasteiger partial charge on any atom is -0.491 e. The van der Waals surface area contributed by atoms with Gasteiger partial charge in [-0.05, 0) is 35.9 Å². The van der Waals surface area contributed by atoms with Gasteiger partial charge in [0.05, 0.1) is 6.54 Å². The highest BCUT2D eigenvalue weighted by molar-refractivity contribution is 5.89. The molecule has 1 N–H and O–H groups in total. The van der Waals surface area contributed by atoms with E-state index in [4.69, 9.17) is 9.47 Å². The smallest absolute Gasteiger partial charge is 0.260 e. The first-order valence-corrected chi connectivity index (χ1v) is 9.70. The highest BCUT2D eigenvalue weighted by Gasteiger charge is 2.15. The van der Waals surface area contributed by atoms with Crippen LogP contribution < -0.4 is 14.8 Å². The van der Waals surface area contributed by atoms with Gasteiger partial charge in [0.2, 0.25) is 0 Å². The molecule has 3 rings (SSSR count). The van der Waals surface area contributed by atoms with E-state index in [9.17, 15) is 4.79 Å². The molecule has 0 spiro atoms. The van der Waals surface area contributed by atoms with E-state index in [1.54, 1.807) is 6.92 Å². The molecular formula is C24H27NO3. The Morgan fingerprint density at radius 1 is 0.893 bits per heavy atom. The maximum atomic E-state index is 12.4. The summed E-state index contributed by atoms with van der Waals surface area (Å²) in [6.07, 6.45) is -0.589. The average Bonchev–Trinajstić information content (AvgIpc) is 2.71. The Labute approximate surface area is 166 Å². The number of para-hydroxylation sites is 1. The lowest BCUT2D eigenvalue weighted by Crippen LogP contribution is -2.38. The van der Waals surface area contributed by atoms with Crippen LogP contribution in [0.3, 0.4) is 0 Å². The normalized spacial score (nSPS) is 12.0. The van der Waals surface area contributed by atoms with Gasteiger partial charge in [0.25, 0.3) is 5.91 Å². The zero-order chi connectivity index (χ0) is 19.9. The summed E-state index contributed by atoms with van der Waals surface area (Å²) in [5, 5.41) is 4.97. The first kappa shape index (κ1) is 19.7. The number of hydrogen-bond acceptors (Lipinski definition) is 3. The van der Waals surface area contributed by atoms with Gasteiger partial charge in [0.15, 0.2) is 6.10 Å². The topological polar surface area (TPSA) is 47.6 Å². The van der Waals surface area contributed by atoms with Crippen molar-refractivity contribution in [2.24, 2.45) is 0 Å². The van der Waals surface area contributed by atoms with Gasteiger partial charge in [-0.1, -0.05) is 68.4 Å². The van der Waals surface area contributed by atoms with Gasteiger partial charge in [-0.3, -0.25) is 4.79 Å². The van der Waals surface area contributed by atoms with Crippen LogP contribution in [0.2, 0.25) is 0 Å². The maximum absolute atomic E-state index is 12.4. The van der Waals surface area contributed by atoms with Gasteiger partial charge in [-0.15, -0.1) is 0 Å². The highest BCUT2D eigenvalue weighted by Crippen LogP contribution is 2.26. The van der Waals surface area contributed by atoms with E-state index in [-0.39, 0.29) is 5.91 Å². The Morgan fingerprint density at radius 3 is 2.39 bits per heavy atom. The number of carbonyl (C=O) groups is 1. The molecule has 0 aliphatic rings. The second kappa shape index (κ2) is 9.27. The van der Waals surface area contributed by atoms with E-state index in [1.165, 1.54) is 5.56 Å². The zero-order valence-electron chi connectivity index (χ0n) is 16.6. The number of rotatable bonds is 8. The summed E-state index contributed by atoms with van der Waals surface area (Å²) in [5.41, 5.74) is 1.17. The standard InChI is InChI=1S/C24H27NO3/c1-17(2)20-11-6-7-13-22(20)27-16-15-25-24(26)18(3)28-23-14-8-10-19-9-4-5-12-21(19)23/h4-14,17-18H,15-16H2,1-3H3,(H,25,26)/t18-/m1/s1. The number of nitrogens with one attached hydrogen (secondary N) is 1. The van der Waals surface area contributed by atoms with E-state index >= 15 is 0 Å². The predicted molar refractivity (Wildman–Crippen MR) is 113 cm³/mol. The number of ether oxygens (including phenoxy) is 2. The van der Waals surface area contributed by atoms with Crippen molar-refractivity contribution in [3.8, 4) is 11.5 Å². The molecule has 4 heteroatoms. The third kappa shape index (κ3) is 4.83. The molecule has 0 aliphatic carbocycles. The van der Waals surface area contributed by atoms with Gasteiger partial charge < -0.3 is 14.8 Å². The molecule has 146 valence electrons. The molecule has 0 fully saturated rings. The Hall–Kier alpha value is -3.01. The van der Waals surface area contributed by atoms with E-state index in [2.05, 4.69) is 25.2 Å². The Morgan fingerprint density at radius 2 is 1.57 bits per heavy atom. The maximum Gasteiger partial charge on any atom is 0.260 e. The summed E-state index contributed by atoms with van der Waals surface area (Å²) in [7, 11) is 0. The van der Waals surface area contributed by atoms with Gasteiger partial charge in [0.1, 0.15) is 18.1 Å². The van der Waals surface area contributed by atoms with Crippen molar-refractivity contribution in [1.29, 1.82) is 0 Å². The summed E-state index contributed by atoms with van der Waals surface area (Å²) in [5.74, 6) is 1.81. The zero-order valence-corrected chi connectivity index (χ0v) is 16.6. The lowest BCUT2D eigenvalue weighted by atomic mass is 10.0. The van der Waals surface area contributed by atoms with E-state index in [0.29, 0.717) is 24.8 Å². The fourth-order valence-electron chi connectivity index (χ4n) is 3.11. The first-order valence-electron chi connectivity index (χ1n) is 9.70. The number of hydrogen-bond donors (Lipinski definition) is 1. The molecule has 0 unspecified atom stereocenters. The lowest BCUT2D eigenvalue weighted by Gasteiger charge is -2.17. The number of carbonyl (C=O) groups excluding carboxylic acids is 1. The van der Waals surface area contributed by atoms with Crippen LogP contribution in [0, 0.1) is 0 Å². The van der Waals surface area contributed by atoms with Crippen molar-refractivity contribution in [1.82, 2.24) is 5.32 Å². The Balaban J connectivity index is 1.51. The quantitative estimate of drug-likeness (QED) is 0.567. The fraction of sp³-hybridized carbons (Fsp3) is 0.292. The molecule has 3 aromatic rings. The molecule has 0 heterocycles. The monoisotopic (exact) mass is 377 g/mol. The summed E-state index contributed by atoms with van der Waals surface area (Å²) in [6.45, 7) is 6.86. The fourth-order valence-corrected chi connectivity index (χ4v) is 3.11. The van der Waals surface area contributed by atoms with Crippen molar-refractivity contribution >= 4 is 16.7 Å². The molecule has 0 radical (unpaired) electrons. The Kier molecular flexibility index (Phi) is 6.53. The van der Waals surface area contributed by atoms with Crippen LogP contribution in [-0.4, -0.2) is 25.2 Å². The molecule has 0 aliphatic heterocycles. The third-order valence-electron chi connectivity index (χ3n) is 4.62. The number of amides is 1. The average molecular weight is 377 g/mol. The number of benzene rings is 3. The second-order valence-corrected chi connectivity index (χ2v) is 7.07. The van der Waals surface area contributed by atoms with Crippen LogP contribution in [0.25, 0.3) is 10.8 Å². The minimum absolute atomic E-state index is 0.159. The largest absolute Gasteiger partial charge is 0.491 e. The SMILES string of the molecule is CC(C)c1ccccc1OCCNC(=O)[C@@H](C)Oc1cccc2ccccc12. The number of fused-ring (bicyclic) bond motifs is 1. The van der Waals surface area contributed by atoms with Gasteiger partial charge in [-0.25, -0.2) is 0 Å². The molecule has 3 aromatic carbocycles. The van der Waals surface area contributed by atoms with Gasteiger partial charge >= 0.3 is 0 Å². The van der Waals surface area contributed by atoms with Crippen LogP contribution in [0.4, 0.5) is 0 Å². The molecule has 0 saturated heterocycles. The van der Waals surface area contributed by atoms with Crippen molar-refractivity contribution in [3.63, 3.8) is 0 Å². The molecule has 0 aromatic heterocycles. The van der Waals surface area contributed by atoms with Crippen molar-refractivity contribution < 1.29 is 14.3 Å². The van der Waals surface area contributed by atoms with Crippen molar-refractivity contribution in [2.45, 2.75) is 32.8 Å². The molecule has 1 atom stereocenters. The minimum atomic E-state index is -0.589. The van der Waals surface area contributed by atoms with Gasteiger partial charge in [-0.2, -0.15) is 0 Å². The Bertz CT molecular complexity index is 931. The van der Waals surface area contributed by atoms with Crippen LogP contribution in [0.1, 0.15) is 32.3 Å². The van der Waals surface area contributed by atoms with Crippen LogP contribution in [0.15, 0.2) is 66.7 Å². The molecular weight excluding hydrogens is 350 g/mol. The summed E-state index contributed by atoms with van der Waals surface area (Å²) < 4.78 is 11.8. The molecule has 0 bridgehead atoms. The second-order valence-electron chi connectivity index (χ2n) is 7.07. The third-order valence-corrected chi connectivity index (χ3v) is 4.62. The summed E-state index contributed by atoms with van der Waals surface area (Å²) in [6, 6.07) is 21.8. The summed E-state index contributed by atoms with van der Waals surface area (Å²) >= 11 is 0. The highest BCUT2D eigenvalue weighted by atomic mass is 16.5. The van der Waals surface area contributed by atoms with Crippen molar-refractivity contribution in [2.75, 3.05) is 13.2 Å². The summed E-state index contributed by atoms with van der Waals surface area (Å²) in [4.78, 5) is 12.4.